The van der Waals surface area contributed by atoms with Gasteiger partial charge in [0, 0.05) is 24.6 Å². The SMILES string of the molecule is O=C1CCCN(C(=O)c2cc(F)cc(F)c2)C1. The number of benzene rings is 1. The van der Waals surface area contributed by atoms with Crippen LogP contribution in [0.4, 0.5) is 8.78 Å². The van der Waals surface area contributed by atoms with E-state index in [1.807, 2.05) is 0 Å². The van der Waals surface area contributed by atoms with Crippen LogP contribution in [0.2, 0.25) is 0 Å². The molecule has 1 heterocycles. The number of Topliss-reactive ketones (excluding diaryl/α,β-unsaturated/α-hetero) is 1. The minimum Gasteiger partial charge on any atom is -0.331 e. The van der Waals surface area contributed by atoms with Gasteiger partial charge in [-0.2, -0.15) is 0 Å². The molecular weight excluding hydrogens is 228 g/mol. The minimum atomic E-state index is -0.795. The van der Waals surface area contributed by atoms with Gasteiger partial charge in [-0.25, -0.2) is 8.78 Å². The molecule has 0 bridgehead atoms. The number of amides is 1. The van der Waals surface area contributed by atoms with Crippen LogP contribution in [0.15, 0.2) is 18.2 Å². The summed E-state index contributed by atoms with van der Waals surface area (Å²) in [5.41, 5.74) is -0.0581. The van der Waals surface area contributed by atoms with Crippen molar-refractivity contribution in [2.45, 2.75) is 12.8 Å². The monoisotopic (exact) mass is 239 g/mol. The number of likely N-dealkylation sites (tertiary alicyclic amines) is 1. The first-order chi connectivity index (χ1) is 8.06. The highest BCUT2D eigenvalue weighted by Crippen LogP contribution is 2.14. The van der Waals surface area contributed by atoms with Gasteiger partial charge >= 0.3 is 0 Å². The molecule has 0 unspecified atom stereocenters. The molecule has 1 saturated heterocycles. The number of nitrogens with zero attached hydrogens (tertiary/aromatic N) is 1. The van der Waals surface area contributed by atoms with Crippen molar-refractivity contribution in [3.05, 3.63) is 35.4 Å². The van der Waals surface area contributed by atoms with Gasteiger partial charge in [0.05, 0.1) is 6.54 Å². The zero-order valence-corrected chi connectivity index (χ0v) is 9.08. The quantitative estimate of drug-likeness (QED) is 0.749. The number of ketones is 1. The van der Waals surface area contributed by atoms with Gasteiger partial charge < -0.3 is 4.90 Å². The van der Waals surface area contributed by atoms with Crippen molar-refractivity contribution < 1.29 is 18.4 Å². The molecule has 1 aromatic rings. The maximum atomic E-state index is 13.0. The lowest BCUT2D eigenvalue weighted by Gasteiger charge is -2.25. The number of carbonyl (C=O) groups excluding carboxylic acids is 2. The zero-order chi connectivity index (χ0) is 12.4. The van der Waals surface area contributed by atoms with E-state index in [0.717, 1.165) is 12.1 Å². The molecule has 0 saturated carbocycles. The third-order valence-electron chi connectivity index (χ3n) is 2.65. The Bertz CT molecular complexity index is 453. The molecule has 1 amide bonds. The van der Waals surface area contributed by atoms with Crippen molar-refractivity contribution in [3.63, 3.8) is 0 Å². The first-order valence-electron chi connectivity index (χ1n) is 5.33. The van der Waals surface area contributed by atoms with Gasteiger partial charge in [-0.3, -0.25) is 9.59 Å². The van der Waals surface area contributed by atoms with Crippen LogP contribution in [0.5, 0.6) is 0 Å². The number of piperidine rings is 1. The Balaban J connectivity index is 2.21. The second-order valence-corrected chi connectivity index (χ2v) is 4.03. The van der Waals surface area contributed by atoms with Crippen molar-refractivity contribution in [2.24, 2.45) is 0 Å². The van der Waals surface area contributed by atoms with Crippen LogP contribution in [0, 0.1) is 11.6 Å². The van der Waals surface area contributed by atoms with E-state index in [1.54, 1.807) is 0 Å². The van der Waals surface area contributed by atoms with Crippen molar-refractivity contribution >= 4 is 11.7 Å². The molecular formula is C12H11F2NO2. The first kappa shape index (κ1) is 11.7. The van der Waals surface area contributed by atoms with E-state index in [4.69, 9.17) is 0 Å². The van der Waals surface area contributed by atoms with E-state index < -0.39 is 17.5 Å². The molecule has 1 aliphatic heterocycles. The Kier molecular flexibility index (Phi) is 3.17. The van der Waals surface area contributed by atoms with E-state index in [-0.39, 0.29) is 17.9 Å². The fourth-order valence-corrected chi connectivity index (χ4v) is 1.87. The second kappa shape index (κ2) is 4.61. The minimum absolute atomic E-state index is 0.0248. The standard InChI is InChI=1S/C12H11F2NO2/c13-9-4-8(5-10(14)6-9)12(17)15-3-1-2-11(16)7-15/h4-6H,1-3,7H2. The molecule has 1 aliphatic rings. The number of hydrogen-bond acceptors (Lipinski definition) is 2. The van der Waals surface area contributed by atoms with Gasteiger partial charge in [0.15, 0.2) is 5.78 Å². The summed E-state index contributed by atoms with van der Waals surface area (Å²) in [4.78, 5) is 24.4. The van der Waals surface area contributed by atoms with Crippen LogP contribution in [0.1, 0.15) is 23.2 Å². The first-order valence-corrected chi connectivity index (χ1v) is 5.33. The molecule has 1 fully saturated rings. The Morgan fingerprint density at radius 3 is 2.41 bits per heavy atom. The summed E-state index contributed by atoms with van der Waals surface area (Å²) >= 11 is 0. The van der Waals surface area contributed by atoms with Gasteiger partial charge in [-0.1, -0.05) is 0 Å². The summed E-state index contributed by atoms with van der Waals surface area (Å²) in [6, 6.07) is 2.66. The van der Waals surface area contributed by atoms with Crippen LogP contribution in [-0.2, 0) is 4.79 Å². The van der Waals surface area contributed by atoms with E-state index in [0.29, 0.717) is 25.5 Å². The van der Waals surface area contributed by atoms with Crippen LogP contribution < -0.4 is 0 Å². The lowest BCUT2D eigenvalue weighted by molar-refractivity contribution is -0.121. The third-order valence-corrected chi connectivity index (χ3v) is 2.65. The smallest absolute Gasteiger partial charge is 0.254 e. The molecule has 0 radical (unpaired) electrons. The Morgan fingerprint density at radius 1 is 1.18 bits per heavy atom. The van der Waals surface area contributed by atoms with Gasteiger partial charge in [-0.15, -0.1) is 0 Å². The van der Waals surface area contributed by atoms with Crippen LogP contribution in [-0.4, -0.2) is 29.7 Å². The summed E-state index contributed by atoms with van der Waals surface area (Å²) in [6.45, 7) is 0.472. The molecule has 3 nitrogen and oxygen atoms in total. The van der Waals surface area contributed by atoms with Crippen molar-refractivity contribution in [2.75, 3.05) is 13.1 Å². The van der Waals surface area contributed by atoms with Crippen LogP contribution >= 0.6 is 0 Å². The summed E-state index contributed by atoms with van der Waals surface area (Å²) in [5, 5.41) is 0. The molecule has 1 aromatic carbocycles. The predicted molar refractivity (Wildman–Crippen MR) is 56.5 cm³/mol. The van der Waals surface area contributed by atoms with Crippen molar-refractivity contribution in [3.8, 4) is 0 Å². The van der Waals surface area contributed by atoms with Gasteiger partial charge in [0.1, 0.15) is 11.6 Å². The molecule has 0 spiro atoms. The average molecular weight is 239 g/mol. The lowest BCUT2D eigenvalue weighted by Crippen LogP contribution is -2.40. The lowest BCUT2D eigenvalue weighted by atomic mass is 10.1. The zero-order valence-electron chi connectivity index (χ0n) is 9.08. The maximum absolute atomic E-state index is 13.0. The summed E-state index contributed by atoms with van der Waals surface area (Å²) in [6.07, 6.45) is 1.06. The highest BCUT2D eigenvalue weighted by molar-refractivity contribution is 5.97. The van der Waals surface area contributed by atoms with Gasteiger partial charge in [0.25, 0.3) is 5.91 Å². The molecule has 5 heteroatoms. The maximum Gasteiger partial charge on any atom is 0.254 e. The Morgan fingerprint density at radius 2 is 1.82 bits per heavy atom. The average Bonchev–Trinajstić information content (AvgIpc) is 2.26. The van der Waals surface area contributed by atoms with Gasteiger partial charge in [0.2, 0.25) is 0 Å². The highest BCUT2D eigenvalue weighted by atomic mass is 19.1. The third kappa shape index (κ3) is 2.67. The summed E-state index contributed by atoms with van der Waals surface area (Å²) < 4.78 is 25.9. The van der Waals surface area contributed by atoms with E-state index in [9.17, 15) is 18.4 Å². The van der Waals surface area contributed by atoms with E-state index in [1.165, 1.54) is 4.90 Å². The van der Waals surface area contributed by atoms with Crippen LogP contribution in [0.25, 0.3) is 0 Å². The largest absolute Gasteiger partial charge is 0.331 e. The van der Waals surface area contributed by atoms with Crippen molar-refractivity contribution in [1.82, 2.24) is 4.90 Å². The van der Waals surface area contributed by atoms with E-state index in [2.05, 4.69) is 0 Å². The second-order valence-electron chi connectivity index (χ2n) is 4.03. The molecule has 17 heavy (non-hydrogen) atoms. The highest BCUT2D eigenvalue weighted by Gasteiger charge is 2.23. The fourth-order valence-electron chi connectivity index (χ4n) is 1.87. The number of carbonyl (C=O) groups is 2. The summed E-state index contributed by atoms with van der Waals surface area (Å²) in [7, 11) is 0. The fraction of sp³-hybridized carbons (Fsp3) is 0.333. The Hall–Kier alpha value is -1.78. The predicted octanol–water partition coefficient (Wildman–Crippen LogP) is 1.77. The molecule has 2 rings (SSSR count). The molecule has 90 valence electrons. The normalized spacial score (nSPS) is 16.1. The van der Waals surface area contributed by atoms with Gasteiger partial charge in [-0.05, 0) is 18.6 Å². The molecule has 0 aliphatic carbocycles. The summed E-state index contributed by atoms with van der Waals surface area (Å²) in [5.74, 6) is -2.12. The molecule has 0 aromatic heterocycles. The van der Waals surface area contributed by atoms with E-state index >= 15 is 0 Å². The van der Waals surface area contributed by atoms with Crippen molar-refractivity contribution in [1.29, 1.82) is 0 Å². The topological polar surface area (TPSA) is 37.4 Å². The van der Waals surface area contributed by atoms with Crippen LogP contribution in [0.3, 0.4) is 0 Å². The Labute approximate surface area is 97.0 Å². The number of rotatable bonds is 1. The molecule has 0 N–H and O–H groups in total. The molecule has 0 atom stereocenters. The number of halogens is 2. The number of hydrogen-bond donors (Lipinski definition) is 0.